The number of hydrogen-bond donors (Lipinski definition) is 4. The highest BCUT2D eigenvalue weighted by Gasteiger charge is 2.49. The van der Waals surface area contributed by atoms with Gasteiger partial charge in [-0.3, -0.25) is 19.8 Å². The lowest BCUT2D eigenvalue weighted by molar-refractivity contribution is -0.161. The van der Waals surface area contributed by atoms with Gasteiger partial charge in [0.05, 0.1) is 6.61 Å². The molecule has 0 saturated carbocycles. The van der Waals surface area contributed by atoms with Gasteiger partial charge < -0.3 is 45.4 Å². The predicted octanol–water partition coefficient (Wildman–Crippen LogP) is 7.90. The molecule has 0 spiro atoms. The number of esters is 3. The van der Waals surface area contributed by atoms with Crippen LogP contribution in [-0.4, -0.2) is 91.9 Å². The van der Waals surface area contributed by atoms with Gasteiger partial charge in [-0.25, -0.2) is 9.59 Å². The minimum Gasteiger partial charge on any atom is -0.465 e. The van der Waals surface area contributed by atoms with Crippen LogP contribution in [0.3, 0.4) is 0 Å². The summed E-state index contributed by atoms with van der Waals surface area (Å²) in [5.41, 5.74) is 10.3. The molecule has 17 nitrogen and oxygen atoms in total. The Kier molecular flexibility index (Phi) is 25.3. The maximum atomic E-state index is 13.9. The highest BCUT2D eigenvalue weighted by Crippen LogP contribution is 2.45. The number of nitrogens with two attached hydrogens (primary N) is 2. The fraction of sp³-hybridized carbons (Fsp3) is 0.396. The Morgan fingerprint density at radius 3 is 2.06 bits per heavy atom. The van der Waals surface area contributed by atoms with Crippen LogP contribution in [0.2, 0.25) is 0 Å². The van der Waals surface area contributed by atoms with Gasteiger partial charge in [-0.15, -0.1) is 0 Å². The van der Waals surface area contributed by atoms with E-state index in [0.29, 0.717) is 18.4 Å². The van der Waals surface area contributed by atoms with E-state index in [4.69, 9.17) is 40.6 Å². The van der Waals surface area contributed by atoms with Crippen molar-refractivity contribution in [2.75, 3.05) is 27.2 Å². The van der Waals surface area contributed by atoms with Crippen LogP contribution in [0, 0.1) is 10.8 Å². The number of aliphatic imine (C=N–C) groups is 2. The number of ether oxygens (including phenoxy) is 5. The lowest BCUT2D eigenvalue weighted by atomic mass is 9.86. The highest BCUT2D eigenvalue weighted by molar-refractivity contribution is 6.40. The average molecular weight is 964 g/mol. The highest BCUT2D eigenvalue weighted by atomic mass is 16.8. The van der Waals surface area contributed by atoms with Crippen molar-refractivity contribution in [3.05, 3.63) is 133 Å². The molecule has 376 valence electrons. The minimum atomic E-state index is -1.28. The molecule has 0 aromatic heterocycles. The third-order valence-corrected chi connectivity index (χ3v) is 10.0. The van der Waals surface area contributed by atoms with Crippen molar-refractivity contribution in [2.24, 2.45) is 26.9 Å². The number of carbonyl (C=O) groups is 5. The normalized spacial score (nSPS) is 15.9. The zero-order valence-corrected chi connectivity index (χ0v) is 41.1. The first-order valence-electron chi connectivity index (χ1n) is 23.3. The summed E-state index contributed by atoms with van der Waals surface area (Å²) in [7, 11) is 3.29. The molecule has 6 N–H and O–H groups in total. The summed E-state index contributed by atoms with van der Waals surface area (Å²) in [6.07, 6.45) is 26.7. The van der Waals surface area contributed by atoms with Crippen LogP contribution < -0.4 is 26.3 Å². The van der Waals surface area contributed by atoms with E-state index in [9.17, 15) is 24.0 Å². The Morgan fingerprint density at radius 2 is 1.43 bits per heavy atom. The summed E-state index contributed by atoms with van der Waals surface area (Å²) < 4.78 is 29.0. The first-order chi connectivity index (χ1) is 33.6. The molecular weight excluding hydrogens is 895 g/mol. The molecule has 3 rings (SSSR count). The topological polar surface area (TPSA) is 251 Å². The van der Waals surface area contributed by atoms with E-state index in [-0.39, 0.29) is 55.0 Å². The van der Waals surface area contributed by atoms with Gasteiger partial charge in [-0.05, 0) is 76.1 Å². The number of epoxide rings is 1. The standard InChI is InChI=1S/C53H69N7O10/c1-7-9-10-11-12-13-14-15-16-17-18-19-20-21-22-23-24-34-44(62)66-37-53(3,4)46(47(63)57-36-35-43(61)58-51(55)59-52(56)60(5)6)70-50-45(69-50)38-30-25-27-32-41(38)67-48(64)39-31-26-28-33-42(39)68-49(65)40(54)29-8-2/h8-10,12-13,15-16,18-19,21-22,25-33,45-46,50,54H,7,11,14,17,20,23-24,34-37H2,1-6H3,(H,57,63)(H4,55,56,58,59,61). The average Bonchev–Trinajstić information content (AvgIpc) is 4.10. The van der Waals surface area contributed by atoms with E-state index >= 15 is 0 Å². The van der Waals surface area contributed by atoms with Crippen LogP contribution in [-0.2, 0) is 33.4 Å². The van der Waals surface area contributed by atoms with Gasteiger partial charge in [0.25, 0.3) is 5.91 Å². The SMILES string of the molecule is CC=CC(=N)C(=O)Oc1ccccc1C(=O)Oc1ccccc1C1OC1OC(C(=O)NCCC(=O)N=C(N)N=C(N)N(C)C)C(C)(C)COC(=O)CCCC=CCC=CCC=CCC=CCC=CCC. The fourth-order valence-corrected chi connectivity index (χ4v) is 6.19. The van der Waals surface area contributed by atoms with Gasteiger partial charge in [0, 0.05) is 44.5 Å². The molecule has 2 aromatic rings. The van der Waals surface area contributed by atoms with Crippen molar-refractivity contribution in [1.82, 2.24) is 10.2 Å². The zero-order valence-electron chi connectivity index (χ0n) is 41.1. The Bertz CT molecular complexity index is 2330. The number of hydrogen-bond acceptors (Lipinski definition) is 11. The largest absolute Gasteiger partial charge is 0.465 e. The van der Waals surface area contributed by atoms with E-state index in [0.717, 1.165) is 32.1 Å². The summed E-state index contributed by atoms with van der Waals surface area (Å²) in [5.74, 6) is -3.82. The number of allylic oxidation sites excluding steroid dienone is 11. The number of guanidine groups is 2. The van der Waals surface area contributed by atoms with Crippen LogP contribution in [0.4, 0.5) is 0 Å². The molecule has 0 radical (unpaired) electrons. The first kappa shape index (κ1) is 57.1. The second-order valence-corrected chi connectivity index (χ2v) is 16.7. The molecule has 1 aliphatic heterocycles. The Balaban J connectivity index is 1.64. The van der Waals surface area contributed by atoms with Crippen LogP contribution in [0.1, 0.15) is 108 Å². The number of rotatable bonds is 28. The third kappa shape index (κ3) is 21.4. The molecule has 70 heavy (non-hydrogen) atoms. The van der Waals surface area contributed by atoms with Crippen LogP contribution >= 0.6 is 0 Å². The number of nitrogens with one attached hydrogen (secondary N) is 2. The van der Waals surface area contributed by atoms with Crippen molar-refractivity contribution in [1.29, 1.82) is 5.41 Å². The second kappa shape index (κ2) is 31.0. The number of para-hydroxylation sites is 2. The molecule has 3 atom stereocenters. The summed E-state index contributed by atoms with van der Waals surface area (Å²) in [6.45, 7) is 6.83. The molecule has 17 heteroatoms. The molecular formula is C53H69N7O10. The van der Waals surface area contributed by atoms with Gasteiger partial charge in [-0.2, -0.15) is 9.98 Å². The lowest BCUT2D eigenvalue weighted by Gasteiger charge is -2.32. The molecule has 3 unspecified atom stereocenters. The monoisotopic (exact) mass is 964 g/mol. The number of benzene rings is 2. The Labute approximate surface area is 411 Å². The van der Waals surface area contributed by atoms with E-state index in [2.05, 4.69) is 76.9 Å². The number of nitrogens with zero attached hydrogens (tertiary/aromatic N) is 3. The Morgan fingerprint density at radius 1 is 0.829 bits per heavy atom. The summed E-state index contributed by atoms with van der Waals surface area (Å²) in [4.78, 5) is 74.4. The number of amides is 2. The third-order valence-electron chi connectivity index (χ3n) is 10.0. The summed E-state index contributed by atoms with van der Waals surface area (Å²) in [5, 5.41) is 10.6. The van der Waals surface area contributed by atoms with Gasteiger partial charge in [0.2, 0.25) is 11.9 Å². The minimum absolute atomic E-state index is 0.0450. The van der Waals surface area contributed by atoms with E-state index in [1.54, 1.807) is 71.3 Å². The maximum absolute atomic E-state index is 13.9. The molecule has 1 aliphatic rings. The lowest BCUT2D eigenvalue weighted by Crippen LogP contribution is -2.48. The van der Waals surface area contributed by atoms with Gasteiger partial charge >= 0.3 is 17.9 Å². The van der Waals surface area contributed by atoms with Crippen molar-refractivity contribution in [3.8, 4) is 11.5 Å². The van der Waals surface area contributed by atoms with E-state index in [1.165, 1.54) is 29.2 Å². The maximum Gasteiger partial charge on any atom is 0.361 e. The van der Waals surface area contributed by atoms with Gasteiger partial charge in [0.1, 0.15) is 35.0 Å². The summed E-state index contributed by atoms with van der Waals surface area (Å²) in [6, 6.07) is 12.5. The quantitative estimate of drug-likeness (QED) is 0.0121. The molecule has 1 saturated heterocycles. The molecule has 1 fully saturated rings. The van der Waals surface area contributed by atoms with Crippen LogP contribution in [0.15, 0.2) is 131 Å². The molecule has 0 aliphatic carbocycles. The zero-order chi connectivity index (χ0) is 51.3. The molecule has 2 aromatic carbocycles. The van der Waals surface area contributed by atoms with Crippen molar-refractivity contribution in [2.45, 2.75) is 104 Å². The van der Waals surface area contributed by atoms with Gasteiger partial charge in [0.15, 0.2) is 12.2 Å². The van der Waals surface area contributed by atoms with E-state index < -0.39 is 59.3 Å². The predicted molar refractivity (Wildman–Crippen MR) is 271 cm³/mol. The first-order valence-corrected chi connectivity index (χ1v) is 23.3. The van der Waals surface area contributed by atoms with Crippen molar-refractivity contribution in [3.63, 3.8) is 0 Å². The van der Waals surface area contributed by atoms with Crippen molar-refractivity contribution >= 4 is 47.4 Å². The fourth-order valence-electron chi connectivity index (χ4n) is 6.19. The van der Waals surface area contributed by atoms with Crippen molar-refractivity contribution < 1.29 is 47.7 Å². The van der Waals surface area contributed by atoms with Gasteiger partial charge in [-0.1, -0.05) is 118 Å². The molecule has 2 amide bonds. The molecule has 1 heterocycles. The summed E-state index contributed by atoms with van der Waals surface area (Å²) >= 11 is 0. The number of carbonyl (C=O) groups excluding carboxylic acids is 5. The second-order valence-electron chi connectivity index (χ2n) is 16.7. The Hall–Kier alpha value is -7.24. The number of unbranched alkanes of at least 4 members (excludes halogenated alkanes) is 1. The molecule has 0 bridgehead atoms. The van der Waals surface area contributed by atoms with Crippen LogP contribution in [0.25, 0.3) is 0 Å². The van der Waals surface area contributed by atoms with E-state index in [1.807, 2.05) is 6.08 Å². The smallest absolute Gasteiger partial charge is 0.361 e. The van der Waals surface area contributed by atoms with Crippen LogP contribution in [0.5, 0.6) is 11.5 Å².